The maximum Gasteiger partial charge on any atom is 0.410 e. The van der Waals surface area contributed by atoms with Crippen LogP contribution in [0.2, 0.25) is 0 Å². The molecule has 1 N–H and O–H groups in total. The fourth-order valence-electron chi connectivity index (χ4n) is 1.25. The lowest BCUT2D eigenvalue weighted by molar-refractivity contribution is -0.124. The van der Waals surface area contributed by atoms with Gasteiger partial charge in [0.05, 0.1) is 0 Å². The molecule has 1 fully saturated rings. The molecule has 1 atom stereocenters. The summed E-state index contributed by atoms with van der Waals surface area (Å²) >= 11 is 0. The van der Waals surface area contributed by atoms with Crippen LogP contribution in [0.1, 0.15) is 19.8 Å². The zero-order valence-corrected chi connectivity index (χ0v) is 8.58. The average Bonchev–Trinajstić information content (AvgIpc) is 2.48. The van der Waals surface area contributed by atoms with E-state index in [2.05, 4.69) is 12.2 Å². The fourth-order valence-corrected chi connectivity index (χ4v) is 1.25. The van der Waals surface area contributed by atoms with Crippen molar-refractivity contribution in [2.75, 3.05) is 20.2 Å². The molecule has 0 spiro atoms. The maximum atomic E-state index is 11.5. The van der Waals surface area contributed by atoms with E-state index in [1.54, 1.807) is 7.05 Å². The third-order valence-electron chi connectivity index (χ3n) is 2.25. The molecule has 1 rings (SSSR count). The van der Waals surface area contributed by atoms with E-state index in [1.165, 1.54) is 4.90 Å². The van der Waals surface area contributed by atoms with Crippen LogP contribution < -0.4 is 5.32 Å². The zero-order chi connectivity index (χ0) is 10.6. The molecular weight excluding hydrogens is 184 g/mol. The summed E-state index contributed by atoms with van der Waals surface area (Å²) in [5.41, 5.74) is 0. The van der Waals surface area contributed by atoms with E-state index < -0.39 is 12.1 Å². The summed E-state index contributed by atoms with van der Waals surface area (Å²) in [6.45, 7) is 2.88. The predicted octanol–water partition coefficient (Wildman–Crippen LogP) is 0.353. The summed E-state index contributed by atoms with van der Waals surface area (Å²) in [6.07, 6.45) is 1.56. The van der Waals surface area contributed by atoms with Crippen molar-refractivity contribution >= 4 is 12.0 Å². The molecule has 0 bridgehead atoms. The number of rotatable bonds is 4. The van der Waals surface area contributed by atoms with E-state index >= 15 is 0 Å². The molecule has 0 aromatic rings. The SMILES string of the molecule is CCCCNC(=O)C1COC(=O)N1C. The summed E-state index contributed by atoms with van der Waals surface area (Å²) in [5.74, 6) is -0.133. The van der Waals surface area contributed by atoms with E-state index in [-0.39, 0.29) is 12.5 Å². The first-order chi connectivity index (χ1) is 6.66. The van der Waals surface area contributed by atoms with E-state index in [9.17, 15) is 9.59 Å². The summed E-state index contributed by atoms with van der Waals surface area (Å²) in [7, 11) is 1.57. The number of hydrogen-bond acceptors (Lipinski definition) is 3. The van der Waals surface area contributed by atoms with Gasteiger partial charge in [-0.15, -0.1) is 0 Å². The second-order valence-corrected chi connectivity index (χ2v) is 3.35. The second kappa shape index (κ2) is 4.83. The number of nitrogens with zero attached hydrogens (tertiary/aromatic N) is 1. The first-order valence-corrected chi connectivity index (χ1v) is 4.84. The standard InChI is InChI=1S/C9H16N2O3/c1-3-4-5-10-8(12)7-6-14-9(13)11(7)2/h7H,3-6H2,1-2H3,(H,10,12). The number of amides is 2. The lowest BCUT2D eigenvalue weighted by Gasteiger charge is -2.15. The number of carbonyl (C=O) groups excluding carboxylic acids is 2. The molecule has 5 heteroatoms. The van der Waals surface area contributed by atoms with Crippen molar-refractivity contribution in [3.8, 4) is 0 Å². The van der Waals surface area contributed by atoms with Gasteiger partial charge in [-0.2, -0.15) is 0 Å². The van der Waals surface area contributed by atoms with Gasteiger partial charge < -0.3 is 10.1 Å². The molecular formula is C9H16N2O3. The zero-order valence-electron chi connectivity index (χ0n) is 8.58. The molecule has 14 heavy (non-hydrogen) atoms. The first kappa shape index (κ1) is 10.8. The topological polar surface area (TPSA) is 58.6 Å². The first-order valence-electron chi connectivity index (χ1n) is 4.84. The minimum atomic E-state index is -0.459. The molecule has 80 valence electrons. The highest BCUT2D eigenvalue weighted by Gasteiger charge is 2.34. The minimum absolute atomic E-state index is 0.133. The van der Waals surface area contributed by atoms with Crippen LogP contribution in [0.5, 0.6) is 0 Å². The third kappa shape index (κ3) is 2.37. The van der Waals surface area contributed by atoms with Gasteiger partial charge in [0.15, 0.2) is 0 Å². The Kier molecular flexibility index (Phi) is 3.73. The van der Waals surface area contributed by atoms with Crippen molar-refractivity contribution in [3.05, 3.63) is 0 Å². The molecule has 1 aliphatic heterocycles. The van der Waals surface area contributed by atoms with Crippen LogP contribution in [0.3, 0.4) is 0 Å². The molecule has 5 nitrogen and oxygen atoms in total. The number of likely N-dealkylation sites (N-methyl/N-ethyl adjacent to an activating group) is 1. The summed E-state index contributed by atoms with van der Waals surface area (Å²) in [5, 5.41) is 2.76. The largest absolute Gasteiger partial charge is 0.447 e. The van der Waals surface area contributed by atoms with Crippen LogP contribution in [0.4, 0.5) is 4.79 Å². The molecule has 1 aliphatic rings. The van der Waals surface area contributed by atoms with Gasteiger partial charge in [0.2, 0.25) is 5.91 Å². The molecule has 0 aromatic carbocycles. The summed E-state index contributed by atoms with van der Waals surface area (Å²) in [4.78, 5) is 23.8. The molecule has 1 unspecified atom stereocenters. The van der Waals surface area contributed by atoms with Gasteiger partial charge >= 0.3 is 6.09 Å². The van der Waals surface area contributed by atoms with Crippen LogP contribution >= 0.6 is 0 Å². The Bertz CT molecular complexity index is 230. The minimum Gasteiger partial charge on any atom is -0.447 e. The van der Waals surface area contributed by atoms with Crippen molar-refractivity contribution in [2.24, 2.45) is 0 Å². The highest BCUT2D eigenvalue weighted by atomic mass is 16.6. The molecule has 0 aliphatic carbocycles. The van der Waals surface area contributed by atoms with Gasteiger partial charge in [0.25, 0.3) is 0 Å². The number of cyclic esters (lactones) is 1. The molecule has 0 radical (unpaired) electrons. The average molecular weight is 200 g/mol. The lowest BCUT2D eigenvalue weighted by atomic mass is 10.2. The van der Waals surface area contributed by atoms with Crippen LogP contribution in [-0.4, -0.2) is 43.1 Å². The van der Waals surface area contributed by atoms with E-state index in [0.717, 1.165) is 12.8 Å². The fraction of sp³-hybridized carbons (Fsp3) is 0.778. The van der Waals surface area contributed by atoms with E-state index in [1.807, 2.05) is 0 Å². The van der Waals surface area contributed by atoms with Gasteiger partial charge in [-0.05, 0) is 6.42 Å². The number of ether oxygens (including phenoxy) is 1. The van der Waals surface area contributed by atoms with Gasteiger partial charge in [0.1, 0.15) is 12.6 Å². The van der Waals surface area contributed by atoms with Crippen LogP contribution in [-0.2, 0) is 9.53 Å². The number of carbonyl (C=O) groups is 2. The summed E-state index contributed by atoms with van der Waals surface area (Å²) < 4.78 is 4.73. The van der Waals surface area contributed by atoms with Crippen LogP contribution in [0.25, 0.3) is 0 Å². The Morgan fingerprint density at radius 1 is 1.71 bits per heavy atom. The molecule has 0 aromatic heterocycles. The van der Waals surface area contributed by atoms with Crippen molar-refractivity contribution in [1.29, 1.82) is 0 Å². The molecule has 0 saturated carbocycles. The van der Waals surface area contributed by atoms with Gasteiger partial charge in [0, 0.05) is 13.6 Å². The number of nitrogens with one attached hydrogen (secondary N) is 1. The number of unbranched alkanes of at least 4 members (excludes halogenated alkanes) is 1. The Morgan fingerprint density at radius 3 is 2.93 bits per heavy atom. The highest BCUT2D eigenvalue weighted by molar-refractivity contribution is 5.87. The monoisotopic (exact) mass is 200 g/mol. The van der Waals surface area contributed by atoms with Crippen molar-refractivity contribution < 1.29 is 14.3 Å². The van der Waals surface area contributed by atoms with Crippen molar-refractivity contribution in [2.45, 2.75) is 25.8 Å². The van der Waals surface area contributed by atoms with Crippen molar-refractivity contribution in [3.63, 3.8) is 0 Å². The lowest BCUT2D eigenvalue weighted by Crippen LogP contribution is -2.44. The third-order valence-corrected chi connectivity index (χ3v) is 2.25. The number of hydrogen-bond donors (Lipinski definition) is 1. The second-order valence-electron chi connectivity index (χ2n) is 3.35. The van der Waals surface area contributed by atoms with Crippen molar-refractivity contribution in [1.82, 2.24) is 10.2 Å². The van der Waals surface area contributed by atoms with E-state index in [0.29, 0.717) is 6.54 Å². The van der Waals surface area contributed by atoms with Crippen LogP contribution in [0, 0.1) is 0 Å². The predicted molar refractivity (Wildman–Crippen MR) is 50.8 cm³/mol. The molecule has 2 amide bonds. The Morgan fingerprint density at radius 2 is 2.43 bits per heavy atom. The Hall–Kier alpha value is -1.26. The van der Waals surface area contributed by atoms with E-state index in [4.69, 9.17) is 4.74 Å². The smallest absolute Gasteiger partial charge is 0.410 e. The normalized spacial score (nSPS) is 20.9. The van der Waals surface area contributed by atoms with Gasteiger partial charge in [-0.3, -0.25) is 9.69 Å². The maximum absolute atomic E-state index is 11.5. The Labute approximate surface area is 83.4 Å². The van der Waals surface area contributed by atoms with Crippen LogP contribution in [0.15, 0.2) is 0 Å². The Balaban J connectivity index is 2.34. The molecule has 1 heterocycles. The quantitative estimate of drug-likeness (QED) is 0.666. The van der Waals surface area contributed by atoms with Gasteiger partial charge in [-0.1, -0.05) is 13.3 Å². The highest BCUT2D eigenvalue weighted by Crippen LogP contribution is 2.09. The summed E-state index contributed by atoms with van der Waals surface area (Å²) in [6, 6.07) is -0.459. The van der Waals surface area contributed by atoms with Gasteiger partial charge in [-0.25, -0.2) is 4.79 Å². The molecule has 1 saturated heterocycles.